The Morgan fingerprint density at radius 2 is 2.12 bits per heavy atom. The summed E-state index contributed by atoms with van der Waals surface area (Å²) in [6, 6.07) is 1.47. The largest absolute Gasteiger partial charge is 0.444 e. The minimum absolute atomic E-state index is 0.0205. The second-order valence-corrected chi connectivity index (χ2v) is 7.27. The van der Waals surface area contributed by atoms with Gasteiger partial charge in [-0.3, -0.25) is 4.79 Å². The molecule has 0 saturated carbocycles. The van der Waals surface area contributed by atoms with Crippen molar-refractivity contribution in [1.29, 1.82) is 0 Å². The van der Waals surface area contributed by atoms with Gasteiger partial charge in [-0.25, -0.2) is 14.8 Å². The Hall–Kier alpha value is -1.89. The Kier molecular flexibility index (Phi) is 5.64. The molecule has 7 nitrogen and oxygen atoms in total. The van der Waals surface area contributed by atoms with Crippen molar-refractivity contribution in [2.24, 2.45) is 0 Å². The summed E-state index contributed by atoms with van der Waals surface area (Å²) in [5.41, 5.74) is -0.286. The zero-order chi connectivity index (χ0) is 17.9. The number of likely N-dealkylation sites (tertiary alicyclic amines) is 1. The van der Waals surface area contributed by atoms with Crippen molar-refractivity contribution < 1.29 is 14.3 Å². The van der Waals surface area contributed by atoms with E-state index < -0.39 is 5.60 Å². The van der Waals surface area contributed by atoms with Gasteiger partial charge in [0.1, 0.15) is 11.3 Å². The van der Waals surface area contributed by atoms with E-state index in [1.807, 2.05) is 27.7 Å². The highest BCUT2D eigenvalue weighted by Crippen LogP contribution is 2.21. The van der Waals surface area contributed by atoms with Gasteiger partial charge in [-0.2, -0.15) is 0 Å². The second-order valence-electron chi connectivity index (χ2n) is 6.93. The van der Waals surface area contributed by atoms with Gasteiger partial charge >= 0.3 is 6.09 Å². The summed E-state index contributed by atoms with van der Waals surface area (Å²) in [5, 5.41) is 2.97. The molecule has 1 unspecified atom stereocenters. The van der Waals surface area contributed by atoms with Crippen LogP contribution in [-0.2, 0) is 4.74 Å². The number of carbonyl (C=O) groups is 2. The van der Waals surface area contributed by atoms with Gasteiger partial charge in [-0.1, -0.05) is 0 Å². The molecule has 1 aromatic rings. The first-order valence-electron chi connectivity index (χ1n) is 7.95. The maximum atomic E-state index is 12.2. The van der Waals surface area contributed by atoms with Gasteiger partial charge in [0.2, 0.25) is 5.28 Å². The van der Waals surface area contributed by atoms with Gasteiger partial charge in [0.25, 0.3) is 5.91 Å². The molecule has 2 amide bonds. The van der Waals surface area contributed by atoms with Crippen molar-refractivity contribution in [3.8, 4) is 0 Å². The summed E-state index contributed by atoms with van der Waals surface area (Å²) < 4.78 is 5.41. The van der Waals surface area contributed by atoms with Crippen molar-refractivity contribution in [2.45, 2.75) is 58.2 Å². The number of carbonyl (C=O) groups excluding carboxylic acids is 2. The lowest BCUT2D eigenvalue weighted by atomic mass is 9.98. The molecule has 24 heavy (non-hydrogen) atoms. The van der Waals surface area contributed by atoms with E-state index >= 15 is 0 Å². The van der Waals surface area contributed by atoms with E-state index in [-0.39, 0.29) is 35.1 Å². The molecule has 0 bridgehead atoms. The van der Waals surface area contributed by atoms with E-state index in [9.17, 15) is 9.59 Å². The van der Waals surface area contributed by atoms with E-state index in [1.165, 1.54) is 12.3 Å². The van der Waals surface area contributed by atoms with Gasteiger partial charge < -0.3 is 15.0 Å². The van der Waals surface area contributed by atoms with Gasteiger partial charge in [-0.05, 0) is 58.2 Å². The van der Waals surface area contributed by atoms with Crippen LogP contribution in [0.4, 0.5) is 4.79 Å². The van der Waals surface area contributed by atoms with Crippen molar-refractivity contribution in [2.75, 3.05) is 6.54 Å². The van der Waals surface area contributed by atoms with Crippen molar-refractivity contribution in [3.63, 3.8) is 0 Å². The Morgan fingerprint density at radius 3 is 2.71 bits per heavy atom. The number of amides is 2. The predicted molar refractivity (Wildman–Crippen MR) is 89.9 cm³/mol. The van der Waals surface area contributed by atoms with Crippen LogP contribution < -0.4 is 5.32 Å². The molecular formula is C16H23ClN4O3. The van der Waals surface area contributed by atoms with Gasteiger partial charge in [-0.15, -0.1) is 0 Å². The van der Waals surface area contributed by atoms with E-state index in [0.29, 0.717) is 19.4 Å². The van der Waals surface area contributed by atoms with Crippen LogP contribution in [0.2, 0.25) is 5.28 Å². The summed E-state index contributed by atoms with van der Waals surface area (Å²) in [6.07, 6.45) is 2.44. The third-order valence-corrected chi connectivity index (χ3v) is 3.88. The summed E-state index contributed by atoms with van der Waals surface area (Å²) in [5.74, 6) is -0.290. The van der Waals surface area contributed by atoms with Gasteiger partial charge in [0, 0.05) is 24.8 Å². The van der Waals surface area contributed by atoms with Crippen LogP contribution in [0.3, 0.4) is 0 Å². The van der Waals surface area contributed by atoms with Gasteiger partial charge in [0.05, 0.1) is 0 Å². The fraction of sp³-hybridized carbons (Fsp3) is 0.625. The fourth-order valence-corrected chi connectivity index (χ4v) is 2.76. The molecule has 1 fully saturated rings. The number of hydrogen-bond donors (Lipinski definition) is 1. The Morgan fingerprint density at radius 1 is 1.42 bits per heavy atom. The summed E-state index contributed by atoms with van der Waals surface area (Å²) in [7, 11) is 0. The molecule has 2 heterocycles. The van der Waals surface area contributed by atoms with Crippen LogP contribution >= 0.6 is 11.6 Å². The normalized spacial score (nSPS) is 21.3. The van der Waals surface area contributed by atoms with Crippen LogP contribution in [0.1, 0.15) is 51.0 Å². The molecule has 1 aliphatic rings. The maximum absolute atomic E-state index is 12.2. The minimum atomic E-state index is -0.520. The molecule has 1 aliphatic heterocycles. The molecule has 0 aromatic carbocycles. The van der Waals surface area contributed by atoms with Crippen LogP contribution in [-0.4, -0.2) is 51.1 Å². The molecule has 0 radical (unpaired) electrons. The van der Waals surface area contributed by atoms with Crippen LogP contribution in [0, 0.1) is 0 Å². The summed E-state index contributed by atoms with van der Waals surface area (Å²) >= 11 is 5.70. The molecule has 1 saturated heterocycles. The highest BCUT2D eigenvalue weighted by molar-refractivity contribution is 6.28. The minimum Gasteiger partial charge on any atom is -0.444 e. The average molecular weight is 355 g/mol. The summed E-state index contributed by atoms with van der Waals surface area (Å²) in [6.45, 7) is 8.01. The van der Waals surface area contributed by atoms with Crippen LogP contribution in [0.25, 0.3) is 0 Å². The highest BCUT2D eigenvalue weighted by Gasteiger charge is 2.32. The molecule has 1 aromatic heterocycles. The van der Waals surface area contributed by atoms with Crippen LogP contribution in [0.15, 0.2) is 12.3 Å². The number of halogens is 1. The highest BCUT2D eigenvalue weighted by atomic mass is 35.5. The Balaban J connectivity index is 1.91. The molecule has 2 atom stereocenters. The monoisotopic (exact) mass is 354 g/mol. The number of rotatable bonds is 2. The number of aromatic nitrogens is 2. The lowest BCUT2D eigenvalue weighted by Gasteiger charge is -2.38. The SMILES string of the molecule is C[C@H]1CC(NC(=O)c2ccnc(Cl)n2)CCN1C(=O)OC(C)(C)C. The molecule has 0 aliphatic carbocycles. The molecule has 8 heteroatoms. The van der Waals surface area contributed by atoms with Crippen molar-refractivity contribution in [1.82, 2.24) is 20.2 Å². The lowest BCUT2D eigenvalue weighted by molar-refractivity contribution is 0.00959. The molecule has 2 rings (SSSR count). The van der Waals surface area contributed by atoms with Crippen LogP contribution in [0.5, 0.6) is 0 Å². The lowest BCUT2D eigenvalue weighted by Crippen LogP contribution is -2.52. The summed E-state index contributed by atoms with van der Waals surface area (Å²) in [4.78, 5) is 33.8. The number of nitrogens with one attached hydrogen (secondary N) is 1. The smallest absolute Gasteiger partial charge is 0.410 e. The number of piperidine rings is 1. The molecule has 0 spiro atoms. The maximum Gasteiger partial charge on any atom is 0.410 e. The first kappa shape index (κ1) is 18.4. The van der Waals surface area contributed by atoms with E-state index in [0.717, 1.165) is 0 Å². The third-order valence-electron chi connectivity index (χ3n) is 3.70. The number of ether oxygens (including phenoxy) is 1. The third kappa shape index (κ3) is 5.06. The molecular weight excluding hydrogens is 332 g/mol. The predicted octanol–water partition coefficient (Wildman–Crippen LogP) is 2.65. The zero-order valence-corrected chi connectivity index (χ0v) is 15.1. The first-order chi connectivity index (χ1) is 11.2. The molecule has 132 valence electrons. The van der Waals surface area contributed by atoms with Gasteiger partial charge in [0.15, 0.2) is 0 Å². The number of hydrogen-bond acceptors (Lipinski definition) is 5. The standard InChI is InChI=1S/C16H23ClN4O3/c1-10-9-11(6-8-21(10)15(23)24-16(2,3)4)19-13(22)12-5-7-18-14(17)20-12/h5,7,10-11H,6,8-9H2,1-4H3,(H,19,22)/t10-,11?/m0/s1. The Labute approximate surface area is 146 Å². The average Bonchev–Trinajstić information content (AvgIpc) is 2.45. The van der Waals surface area contributed by atoms with E-state index in [2.05, 4.69) is 15.3 Å². The zero-order valence-electron chi connectivity index (χ0n) is 14.4. The second kappa shape index (κ2) is 7.34. The number of nitrogens with zero attached hydrogens (tertiary/aromatic N) is 3. The molecule has 1 N–H and O–H groups in total. The van der Waals surface area contributed by atoms with Crippen molar-refractivity contribution in [3.05, 3.63) is 23.2 Å². The quantitative estimate of drug-likeness (QED) is 0.825. The van der Waals surface area contributed by atoms with E-state index in [1.54, 1.807) is 4.90 Å². The van der Waals surface area contributed by atoms with E-state index in [4.69, 9.17) is 16.3 Å². The topological polar surface area (TPSA) is 84.4 Å². The first-order valence-corrected chi connectivity index (χ1v) is 8.32. The fourth-order valence-electron chi connectivity index (χ4n) is 2.62. The Bertz CT molecular complexity index is 618. The van der Waals surface area contributed by atoms with Crippen molar-refractivity contribution >= 4 is 23.6 Å².